The van der Waals surface area contributed by atoms with Gasteiger partial charge in [0.1, 0.15) is 5.78 Å². The van der Waals surface area contributed by atoms with E-state index in [0.29, 0.717) is 24.5 Å². The molecule has 0 saturated carbocycles. The molecule has 1 atom stereocenters. The maximum Gasteiger partial charge on any atom is 0.137 e. The van der Waals surface area contributed by atoms with Gasteiger partial charge in [-0.25, -0.2) is 0 Å². The summed E-state index contributed by atoms with van der Waals surface area (Å²) >= 11 is 3.48. The van der Waals surface area contributed by atoms with Crippen molar-refractivity contribution in [2.24, 2.45) is 11.3 Å². The van der Waals surface area contributed by atoms with Crippen LogP contribution in [-0.2, 0) is 11.2 Å². The lowest BCUT2D eigenvalue weighted by atomic mass is 9.79. The van der Waals surface area contributed by atoms with Gasteiger partial charge in [-0.3, -0.25) is 4.79 Å². The predicted octanol–water partition coefficient (Wildman–Crippen LogP) is 4.63. The predicted molar refractivity (Wildman–Crippen MR) is 76.1 cm³/mol. The maximum absolute atomic E-state index is 12.0. The normalized spacial score (nSPS) is 13.5. The molecule has 17 heavy (non-hydrogen) atoms. The highest BCUT2D eigenvalue weighted by Crippen LogP contribution is 2.29. The average Bonchev–Trinajstić information content (AvgIpc) is 2.20. The Morgan fingerprint density at radius 2 is 1.88 bits per heavy atom. The second-order valence-corrected chi connectivity index (χ2v) is 6.63. The fourth-order valence-corrected chi connectivity index (χ4v) is 2.00. The van der Waals surface area contributed by atoms with Gasteiger partial charge in [0, 0.05) is 17.3 Å². The minimum Gasteiger partial charge on any atom is -0.299 e. The number of hydrogen-bond acceptors (Lipinski definition) is 1. The van der Waals surface area contributed by atoms with Gasteiger partial charge < -0.3 is 0 Å². The highest BCUT2D eigenvalue weighted by atomic mass is 79.9. The molecule has 0 aliphatic carbocycles. The topological polar surface area (TPSA) is 17.1 Å². The van der Waals surface area contributed by atoms with Crippen molar-refractivity contribution in [2.75, 3.05) is 0 Å². The van der Waals surface area contributed by atoms with Crippen LogP contribution in [0.4, 0.5) is 0 Å². The van der Waals surface area contributed by atoms with Gasteiger partial charge in [-0.2, -0.15) is 0 Å². The molecule has 1 rings (SSSR count). The number of Topliss-reactive ketones (excluding diaryl/α,β-unsaturated/α-hetero) is 1. The summed E-state index contributed by atoms with van der Waals surface area (Å²) in [6, 6.07) is 7.93. The van der Waals surface area contributed by atoms with Crippen molar-refractivity contribution >= 4 is 21.7 Å². The Bertz CT molecular complexity index is 390. The summed E-state index contributed by atoms with van der Waals surface area (Å²) in [5.74, 6) is 0.733. The van der Waals surface area contributed by atoms with Crippen LogP contribution in [0, 0.1) is 11.3 Å². The molecule has 0 radical (unpaired) electrons. The van der Waals surface area contributed by atoms with Crippen molar-refractivity contribution in [3.8, 4) is 0 Å². The van der Waals surface area contributed by atoms with Crippen LogP contribution in [0.5, 0.6) is 0 Å². The van der Waals surface area contributed by atoms with Gasteiger partial charge in [0.25, 0.3) is 0 Å². The molecule has 0 amide bonds. The minimum atomic E-state index is 0.198. The van der Waals surface area contributed by atoms with Crippen LogP contribution in [-0.4, -0.2) is 5.78 Å². The lowest BCUT2D eigenvalue weighted by molar-refractivity contribution is -0.120. The fraction of sp³-hybridized carbons (Fsp3) is 0.533. The highest BCUT2D eigenvalue weighted by Gasteiger charge is 2.22. The van der Waals surface area contributed by atoms with Crippen LogP contribution in [0.1, 0.15) is 39.7 Å². The van der Waals surface area contributed by atoms with E-state index < -0.39 is 0 Å². The number of carbonyl (C=O) groups excluding carboxylic acids is 1. The van der Waals surface area contributed by atoms with Crippen LogP contribution in [0.25, 0.3) is 0 Å². The molecule has 1 nitrogen and oxygen atoms in total. The lowest BCUT2D eigenvalue weighted by Gasteiger charge is -2.26. The number of ketones is 1. The second kappa shape index (κ2) is 5.81. The van der Waals surface area contributed by atoms with Gasteiger partial charge in [-0.1, -0.05) is 61.8 Å². The summed E-state index contributed by atoms with van der Waals surface area (Å²) in [5.41, 5.74) is 1.28. The molecule has 2 heteroatoms. The molecule has 0 fully saturated rings. The molecule has 0 aliphatic heterocycles. The van der Waals surface area contributed by atoms with Gasteiger partial charge in [0.05, 0.1) is 0 Å². The third kappa shape index (κ3) is 4.63. The molecule has 1 aromatic carbocycles. The third-order valence-electron chi connectivity index (χ3n) is 3.36. The van der Waals surface area contributed by atoms with E-state index >= 15 is 0 Å². The molecule has 0 spiro atoms. The molecular formula is C15H21BrO. The van der Waals surface area contributed by atoms with Crippen LogP contribution in [0.15, 0.2) is 28.7 Å². The van der Waals surface area contributed by atoms with Crippen LogP contribution in [0.3, 0.4) is 0 Å². The number of carbonyl (C=O) groups is 1. The van der Waals surface area contributed by atoms with E-state index in [1.54, 1.807) is 0 Å². The molecular weight excluding hydrogens is 276 g/mol. The van der Waals surface area contributed by atoms with Crippen LogP contribution >= 0.6 is 15.9 Å². The Morgan fingerprint density at radius 3 is 2.41 bits per heavy atom. The lowest BCUT2D eigenvalue weighted by Crippen LogP contribution is -2.21. The Labute approximate surface area is 113 Å². The smallest absolute Gasteiger partial charge is 0.137 e. The standard InChI is InChI=1S/C15H21BrO/c1-11(15(2,3)4)9-13(17)10-12-7-5-6-8-14(12)16/h5-8,11H,9-10H2,1-4H3. The summed E-state index contributed by atoms with van der Waals surface area (Å²) in [6.07, 6.45) is 1.19. The zero-order chi connectivity index (χ0) is 13.1. The maximum atomic E-state index is 12.0. The van der Waals surface area contributed by atoms with E-state index in [1.165, 1.54) is 0 Å². The Hall–Kier alpha value is -0.630. The summed E-state index contributed by atoms with van der Waals surface area (Å²) in [6.45, 7) is 8.70. The van der Waals surface area contributed by atoms with Crippen LogP contribution < -0.4 is 0 Å². The van der Waals surface area contributed by atoms with E-state index in [-0.39, 0.29) is 5.41 Å². The Balaban J connectivity index is 2.60. The van der Waals surface area contributed by atoms with E-state index in [2.05, 4.69) is 43.6 Å². The number of benzene rings is 1. The van der Waals surface area contributed by atoms with E-state index in [4.69, 9.17) is 0 Å². The Kier molecular flexibility index (Phi) is 4.93. The first-order valence-corrected chi connectivity index (χ1v) is 6.85. The van der Waals surface area contributed by atoms with Crippen molar-refractivity contribution < 1.29 is 4.79 Å². The zero-order valence-electron chi connectivity index (χ0n) is 11.1. The molecule has 0 N–H and O–H groups in total. The highest BCUT2D eigenvalue weighted by molar-refractivity contribution is 9.10. The second-order valence-electron chi connectivity index (χ2n) is 5.78. The number of halogens is 1. The molecule has 0 bridgehead atoms. The van der Waals surface area contributed by atoms with Gasteiger partial charge in [0.2, 0.25) is 0 Å². The summed E-state index contributed by atoms with van der Waals surface area (Å²) in [7, 11) is 0. The van der Waals surface area contributed by atoms with Crippen molar-refractivity contribution in [3.63, 3.8) is 0 Å². The van der Waals surface area contributed by atoms with Crippen molar-refractivity contribution in [1.82, 2.24) is 0 Å². The Morgan fingerprint density at radius 1 is 1.29 bits per heavy atom. The molecule has 0 heterocycles. The largest absolute Gasteiger partial charge is 0.299 e. The van der Waals surface area contributed by atoms with Gasteiger partial charge in [0.15, 0.2) is 0 Å². The van der Waals surface area contributed by atoms with Crippen molar-refractivity contribution in [2.45, 2.75) is 40.5 Å². The fourth-order valence-electron chi connectivity index (χ4n) is 1.57. The molecule has 0 saturated heterocycles. The first-order chi connectivity index (χ1) is 7.80. The zero-order valence-corrected chi connectivity index (χ0v) is 12.7. The molecule has 1 unspecified atom stereocenters. The summed E-state index contributed by atoms with van der Waals surface area (Å²) < 4.78 is 1.02. The molecule has 94 valence electrons. The average molecular weight is 297 g/mol. The molecule has 0 aliphatic rings. The quantitative estimate of drug-likeness (QED) is 0.791. The first-order valence-electron chi connectivity index (χ1n) is 6.06. The molecule has 0 aromatic heterocycles. The van der Waals surface area contributed by atoms with Crippen LogP contribution in [0.2, 0.25) is 0 Å². The molecule has 1 aromatic rings. The monoisotopic (exact) mass is 296 g/mol. The van der Waals surface area contributed by atoms with Crippen molar-refractivity contribution in [1.29, 1.82) is 0 Å². The van der Waals surface area contributed by atoms with Gasteiger partial charge in [-0.05, 0) is 23.0 Å². The number of rotatable bonds is 4. The summed E-state index contributed by atoms with van der Waals surface area (Å²) in [5, 5.41) is 0. The summed E-state index contributed by atoms with van der Waals surface area (Å²) in [4.78, 5) is 12.0. The number of hydrogen-bond donors (Lipinski definition) is 0. The van der Waals surface area contributed by atoms with E-state index in [0.717, 1.165) is 10.0 Å². The van der Waals surface area contributed by atoms with E-state index in [1.807, 2.05) is 24.3 Å². The van der Waals surface area contributed by atoms with Gasteiger partial charge >= 0.3 is 0 Å². The van der Waals surface area contributed by atoms with E-state index in [9.17, 15) is 4.79 Å². The third-order valence-corrected chi connectivity index (χ3v) is 4.13. The first kappa shape index (κ1) is 14.4. The van der Waals surface area contributed by atoms with Crippen molar-refractivity contribution in [3.05, 3.63) is 34.3 Å². The van der Waals surface area contributed by atoms with Gasteiger partial charge in [-0.15, -0.1) is 0 Å². The minimum absolute atomic E-state index is 0.198. The SMILES string of the molecule is CC(CC(=O)Cc1ccccc1Br)C(C)(C)C.